The van der Waals surface area contributed by atoms with E-state index < -0.39 is 5.69 Å². The second-order valence-corrected chi connectivity index (χ2v) is 4.55. The Morgan fingerprint density at radius 2 is 1.67 bits per heavy atom. The van der Waals surface area contributed by atoms with E-state index in [1.54, 1.807) is 0 Å². The smallest absolute Gasteiger partial charge is 0.311 e. The SMILES string of the molecule is CC(C)Cc1[nH]c(=O)[nH]c(=O)c1C(C)C. The standard InChI is InChI=1S/C11H18N2O2/c1-6(2)5-8-9(7(3)4)10(14)13-11(15)12-8/h6-7H,5H2,1-4H3,(H2,12,13,14,15). The van der Waals surface area contributed by atoms with Gasteiger partial charge in [0.25, 0.3) is 5.56 Å². The quantitative estimate of drug-likeness (QED) is 0.791. The minimum Gasteiger partial charge on any atom is -0.311 e. The average Bonchev–Trinajstić information content (AvgIpc) is 1.99. The second-order valence-electron chi connectivity index (χ2n) is 4.55. The third-order valence-electron chi connectivity index (χ3n) is 2.25. The van der Waals surface area contributed by atoms with Gasteiger partial charge >= 0.3 is 5.69 Å². The summed E-state index contributed by atoms with van der Waals surface area (Å²) in [6.45, 7) is 8.02. The van der Waals surface area contributed by atoms with Crippen LogP contribution in [0.4, 0.5) is 0 Å². The summed E-state index contributed by atoms with van der Waals surface area (Å²) in [6, 6.07) is 0. The summed E-state index contributed by atoms with van der Waals surface area (Å²) in [5.74, 6) is 0.541. The Balaban J connectivity index is 3.33. The van der Waals surface area contributed by atoms with Crippen molar-refractivity contribution in [2.45, 2.75) is 40.0 Å². The van der Waals surface area contributed by atoms with Crippen LogP contribution in [0.15, 0.2) is 9.59 Å². The number of aromatic amines is 2. The van der Waals surface area contributed by atoms with E-state index >= 15 is 0 Å². The molecule has 1 heterocycles. The highest BCUT2D eigenvalue weighted by molar-refractivity contribution is 5.20. The number of rotatable bonds is 3. The minimum atomic E-state index is -0.417. The fourth-order valence-electron chi connectivity index (χ4n) is 1.72. The maximum absolute atomic E-state index is 11.6. The van der Waals surface area contributed by atoms with E-state index in [0.29, 0.717) is 11.5 Å². The van der Waals surface area contributed by atoms with Gasteiger partial charge < -0.3 is 4.98 Å². The maximum atomic E-state index is 11.6. The maximum Gasteiger partial charge on any atom is 0.325 e. The van der Waals surface area contributed by atoms with Crippen molar-refractivity contribution in [1.29, 1.82) is 0 Å². The molecule has 4 nitrogen and oxygen atoms in total. The van der Waals surface area contributed by atoms with Gasteiger partial charge in [-0.3, -0.25) is 9.78 Å². The fourth-order valence-corrected chi connectivity index (χ4v) is 1.72. The first-order valence-electron chi connectivity index (χ1n) is 5.27. The highest BCUT2D eigenvalue weighted by Gasteiger charge is 2.13. The molecule has 0 aliphatic carbocycles. The number of hydrogen-bond acceptors (Lipinski definition) is 2. The van der Waals surface area contributed by atoms with Crippen molar-refractivity contribution in [1.82, 2.24) is 9.97 Å². The lowest BCUT2D eigenvalue weighted by Crippen LogP contribution is -2.29. The number of nitrogens with one attached hydrogen (secondary N) is 2. The van der Waals surface area contributed by atoms with E-state index in [9.17, 15) is 9.59 Å². The summed E-state index contributed by atoms with van der Waals surface area (Å²) in [7, 11) is 0. The average molecular weight is 210 g/mol. The van der Waals surface area contributed by atoms with Gasteiger partial charge in [0.15, 0.2) is 0 Å². The van der Waals surface area contributed by atoms with Crippen LogP contribution >= 0.6 is 0 Å². The van der Waals surface area contributed by atoms with Gasteiger partial charge in [-0.1, -0.05) is 27.7 Å². The van der Waals surface area contributed by atoms with E-state index in [1.165, 1.54) is 0 Å². The van der Waals surface area contributed by atoms with Crippen LogP contribution in [0.5, 0.6) is 0 Å². The molecule has 84 valence electrons. The van der Waals surface area contributed by atoms with Crippen LogP contribution in [0.1, 0.15) is 44.9 Å². The Kier molecular flexibility index (Phi) is 3.50. The Bertz CT molecular complexity index is 441. The molecule has 0 spiro atoms. The van der Waals surface area contributed by atoms with Gasteiger partial charge in [0.05, 0.1) is 0 Å². The van der Waals surface area contributed by atoms with Crippen molar-refractivity contribution in [2.24, 2.45) is 5.92 Å². The van der Waals surface area contributed by atoms with Crippen molar-refractivity contribution >= 4 is 0 Å². The summed E-state index contributed by atoms with van der Waals surface area (Å²) in [6.07, 6.45) is 0.729. The van der Waals surface area contributed by atoms with Gasteiger partial charge in [-0.05, 0) is 18.3 Å². The van der Waals surface area contributed by atoms with Gasteiger partial charge in [0, 0.05) is 11.3 Å². The van der Waals surface area contributed by atoms with Crippen molar-refractivity contribution in [2.75, 3.05) is 0 Å². The first kappa shape index (κ1) is 11.8. The van der Waals surface area contributed by atoms with Crippen LogP contribution in [-0.4, -0.2) is 9.97 Å². The normalized spacial score (nSPS) is 11.3. The number of H-pyrrole nitrogens is 2. The molecule has 1 rings (SSSR count). The topological polar surface area (TPSA) is 65.7 Å². The molecular weight excluding hydrogens is 192 g/mol. The molecule has 0 bridgehead atoms. The highest BCUT2D eigenvalue weighted by atomic mass is 16.2. The molecule has 0 amide bonds. The molecule has 4 heteroatoms. The fraction of sp³-hybridized carbons (Fsp3) is 0.636. The van der Waals surface area contributed by atoms with Gasteiger partial charge in [-0.15, -0.1) is 0 Å². The summed E-state index contributed by atoms with van der Waals surface area (Å²) in [5.41, 5.74) is 0.793. The molecule has 0 aliphatic rings. The van der Waals surface area contributed by atoms with Crippen LogP contribution in [0.2, 0.25) is 0 Å². The molecule has 0 unspecified atom stereocenters. The first-order valence-corrected chi connectivity index (χ1v) is 5.27. The Morgan fingerprint density at radius 3 is 2.13 bits per heavy atom. The summed E-state index contributed by atoms with van der Waals surface area (Å²) >= 11 is 0. The molecular formula is C11H18N2O2. The first-order chi connectivity index (χ1) is 6.91. The predicted molar refractivity (Wildman–Crippen MR) is 60.3 cm³/mol. The predicted octanol–water partition coefficient (Wildman–Crippen LogP) is 1.39. The van der Waals surface area contributed by atoms with Crippen LogP contribution in [-0.2, 0) is 6.42 Å². The second kappa shape index (κ2) is 4.47. The zero-order chi connectivity index (χ0) is 11.6. The minimum absolute atomic E-state index is 0.124. The van der Waals surface area contributed by atoms with Crippen molar-refractivity contribution < 1.29 is 0 Å². The zero-order valence-electron chi connectivity index (χ0n) is 9.68. The zero-order valence-corrected chi connectivity index (χ0v) is 9.68. The molecule has 1 aromatic rings. The van der Waals surface area contributed by atoms with Crippen molar-refractivity contribution in [3.8, 4) is 0 Å². The van der Waals surface area contributed by atoms with Gasteiger partial charge in [-0.2, -0.15) is 0 Å². The summed E-state index contributed by atoms with van der Waals surface area (Å²) in [5, 5.41) is 0. The Hall–Kier alpha value is -1.32. The molecule has 15 heavy (non-hydrogen) atoms. The molecule has 2 N–H and O–H groups in total. The number of hydrogen-bond donors (Lipinski definition) is 2. The molecule has 0 saturated heterocycles. The summed E-state index contributed by atoms with van der Waals surface area (Å²) < 4.78 is 0. The lowest BCUT2D eigenvalue weighted by molar-refractivity contribution is 0.617. The third kappa shape index (κ3) is 2.81. The van der Waals surface area contributed by atoms with Crippen LogP contribution in [0.25, 0.3) is 0 Å². The number of aromatic nitrogens is 2. The lowest BCUT2D eigenvalue weighted by Gasteiger charge is -2.12. The molecule has 0 fully saturated rings. The monoisotopic (exact) mass is 210 g/mol. The Labute approximate surface area is 88.7 Å². The van der Waals surface area contributed by atoms with Crippen molar-refractivity contribution in [3.05, 3.63) is 32.1 Å². The Morgan fingerprint density at radius 1 is 1.07 bits per heavy atom. The van der Waals surface area contributed by atoms with E-state index in [2.05, 4.69) is 23.8 Å². The van der Waals surface area contributed by atoms with E-state index in [4.69, 9.17) is 0 Å². The molecule has 0 aliphatic heterocycles. The van der Waals surface area contributed by atoms with Gasteiger partial charge in [0.2, 0.25) is 0 Å². The third-order valence-corrected chi connectivity index (χ3v) is 2.25. The van der Waals surface area contributed by atoms with Crippen LogP contribution in [0, 0.1) is 5.92 Å². The van der Waals surface area contributed by atoms with E-state index in [-0.39, 0.29) is 11.5 Å². The summed E-state index contributed by atoms with van der Waals surface area (Å²) in [4.78, 5) is 27.7. The van der Waals surface area contributed by atoms with Crippen LogP contribution in [0.3, 0.4) is 0 Å². The van der Waals surface area contributed by atoms with E-state index in [0.717, 1.165) is 12.1 Å². The molecule has 0 atom stereocenters. The largest absolute Gasteiger partial charge is 0.325 e. The molecule has 0 radical (unpaired) electrons. The van der Waals surface area contributed by atoms with E-state index in [1.807, 2.05) is 13.8 Å². The van der Waals surface area contributed by atoms with Gasteiger partial charge in [-0.25, -0.2) is 4.79 Å². The molecule has 0 aromatic carbocycles. The lowest BCUT2D eigenvalue weighted by atomic mass is 9.97. The van der Waals surface area contributed by atoms with Gasteiger partial charge in [0.1, 0.15) is 0 Å². The highest BCUT2D eigenvalue weighted by Crippen LogP contribution is 2.14. The van der Waals surface area contributed by atoms with Crippen LogP contribution < -0.4 is 11.2 Å². The molecule has 0 saturated carbocycles. The van der Waals surface area contributed by atoms with Crippen molar-refractivity contribution in [3.63, 3.8) is 0 Å². The molecule has 1 aromatic heterocycles.